The minimum absolute atomic E-state index is 0.0658. The van der Waals surface area contributed by atoms with Gasteiger partial charge in [-0.3, -0.25) is 4.72 Å². The van der Waals surface area contributed by atoms with E-state index >= 15 is 0 Å². The maximum Gasteiger partial charge on any atom is 0.263 e. The lowest BCUT2D eigenvalue weighted by Gasteiger charge is -2.10. The highest BCUT2D eigenvalue weighted by molar-refractivity contribution is 9.10. The molecule has 4 nitrogen and oxygen atoms in total. The van der Waals surface area contributed by atoms with Gasteiger partial charge >= 0.3 is 0 Å². The summed E-state index contributed by atoms with van der Waals surface area (Å²) in [5.41, 5.74) is 6.51. The molecular weight excluding hydrogens is 372 g/mol. The first-order chi connectivity index (χ1) is 9.95. The number of sulfonamides is 1. The second-order valence-electron chi connectivity index (χ2n) is 4.46. The highest BCUT2D eigenvalue weighted by atomic mass is 79.9. The summed E-state index contributed by atoms with van der Waals surface area (Å²) in [5.74, 6) is 0. The Morgan fingerprint density at radius 2 is 1.90 bits per heavy atom. The average Bonchev–Trinajstić information content (AvgIpc) is 2.85. The molecule has 0 aliphatic heterocycles. The van der Waals surface area contributed by atoms with Crippen molar-refractivity contribution < 1.29 is 8.42 Å². The zero-order chi connectivity index (χ0) is 15.0. The molecule has 3 aromatic rings. The van der Waals surface area contributed by atoms with Crippen molar-refractivity contribution in [3.05, 3.63) is 52.3 Å². The average molecular weight is 383 g/mol. The molecule has 0 unspecified atom stereocenters. The molecule has 3 rings (SSSR count). The van der Waals surface area contributed by atoms with Crippen LogP contribution in [0.25, 0.3) is 10.1 Å². The minimum atomic E-state index is -3.70. The molecule has 0 saturated carbocycles. The maximum atomic E-state index is 12.4. The number of halogens is 1. The molecule has 108 valence electrons. The Hall–Kier alpha value is -1.57. The highest BCUT2D eigenvalue weighted by Gasteiger charge is 2.17. The molecule has 0 atom stereocenters. The third-order valence-corrected chi connectivity index (χ3v) is 5.81. The SMILES string of the molecule is Nc1cc(Br)ccc1S(=O)(=O)Nc1ccc2sccc2c1. The first-order valence-electron chi connectivity index (χ1n) is 6.01. The van der Waals surface area contributed by atoms with E-state index in [1.807, 2.05) is 17.5 Å². The van der Waals surface area contributed by atoms with Crippen molar-refractivity contribution in [3.63, 3.8) is 0 Å². The first-order valence-corrected chi connectivity index (χ1v) is 9.16. The highest BCUT2D eigenvalue weighted by Crippen LogP contribution is 2.28. The number of rotatable bonds is 3. The summed E-state index contributed by atoms with van der Waals surface area (Å²) in [6, 6.07) is 12.1. The van der Waals surface area contributed by atoms with Gasteiger partial charge in [0, 0.05) is 14.9 Å². The van der Waals surface area contributed by atoms with E-state index in [0.717, 1.165) is 14.6 Å². The Kier molecular flexibility index (Phi) is 3.64. The molecule has 0 aliphatic carbocycles. The lowest BCUT2D eigenvalue weighted by molar-refractivity contribution is 0.601. The number of nitrogen functional groups attached to an aromatic ring is 1. The van der Waals surface area contributed by atoms with Crippen LogP contribution < -0.4 is 10.5 Å². The smallest absolute Gasteiger partial charge is 0.263 e. The largest absolute Gasteiger partial charge is 0.398 e. The van der Waals surface area contributed by atoms with Gasteiger partial charge in [-0.25, -0.2) is 8.42 Å². The van der Waals surface area contributed by atoms with Crippen molar-refractivity contribution in [3.8, 4) is 0 Å². The van der Waals surface area contributed by atoms with Crippen LogP contribution in [0.4, 0.5) is 11.4 Å². The molecule has 3 N–H and O–H groups in total. The van der Waals surface area contributed by atoms with Crippen LogP contribution in [0, 0.1) is 0 Å². The second kappa shape index (κ2) is 5.32. The number of thiophene rings is 1. The Morgan fingerprint density at radius 3 is 2.67 bits per heavy atom. The Labute approximate surface area is 134 Å². The van der Waals surface area contributed by atoms with E-state index in [1.165, 1.54) is 6.07 Å². The number of hydrogen-bond donors (Lipinski definition) is 2. The van der Waals surface area contributed by atoms with Crippen LogP contribution >= 0.6 is 27.3 Å². The number of anilines is 2. The normalized spacial score (nSPS) is 11.7. The molecule has 21 heavy (non-hydrogen) atoms. The molecule has 0 spiro atoms. The van der Waals surface area contributed by atoms with Crippen molar-refractivity contribution in [1.82, 2.24) is 0 Å². The van der Waals surface area contributed by atoms with E-state index in [0.29, 0.717) is 5.69 Å². The number of fused-ring (bicyclic) bond motifs is 1. The van der Waals surface area contributed by atoms with Gasteiger partial charge in [-0.2, -0.15) is 0 Å². The topological polar surface area (TPSA) is 72.2 Å². The van der Waals surface area contributed by atoms with Gasteiger partial charge in [0.25, 0.3) is 10.0 Å². The maximum absolute atomic E-state index is 12.4. The molecule has 1 heterocycles. The van der Waals surface area contributed by atoms with E-state index < -0.39 is 10.0 Å². The summed E-state index contributed by atoms with van der Waals surface area (Å²) in [6.45, 7) is 0. The molecule has 0 fully saturated rings. The number of benzene rings is 2. The van der Waals surface area contributed by atoms with Crippen molar-refractivity contribution in [2.45, 2.75) is 4.90 Å². The number of nitrogens with one attached hydrogen (secondary N) is 1. The molecule has 0 amide bonds. The summed E-state index contributed by atoms with van der Waals surface area (Å²) in [6.07, 6.45) is 0. The van der Waals surface area contributed by atoms with Crippen LogP contribution in [0.15, 0.2) is 57.2 Å². The summed E-state index contributed by atoms with van der Waals surface area (Å²) in [7, 11) is -3.70. The fourth-order valence-electron chi connectivity index (χ4n) is 2.00. The third-order valence-electron chi connectivity index (χ3n) is 2.97. The van der Waals surface area contributed by atoms with Crippen molar-refractivity contribution in [2.24, 2.45) is 0 Å². The van der Waals surface area contributed by atoms with Gasteiger partial charge in [-0.1, -0.05) is 15.9 Å². The standard InChI is InChI=1S/C14H11BrN2O2S2/c15-10-1-4-14(12(16)8-10)21(18,19)17-11-2-3-13-9(7-11)5-6-20-13/h1-8,17H,16H2. The predicted octanol–water partition coefficient (Wildman–Crippen LogP) is 4.05. The molecule has 0 saturated heterocycles. The monoisotopic (exact) mass is 382 g/mol. The lowest BCUT2D eigenvalue weighted by atomic mass is 10.2. The van der Waals surface area contributed by atoms with Gasteiger partial charge in [0.2, 0.25) is 0 Å². The zero-order valence-corrected chi connectivity index (χ0v) is 13.9. The second-order valence-corrected chi connectivity index (χ2v) is 7.98. The van der Waals surface area contributed by atoms with E-state index in [4.69, 9.17) is 5.73 Å². The predicted molar refractivity (Wildman–Crippen MR) is 91.2 cm³/mol. The third kappa shape index (κ3) is 2.90. The quantitative estimate of drug-likeness (QED) is 0.671. The number of hydrogen-bond acceptors (Lipinski definition) is 4. The summed E-state index contributed by atoms with van der Waals surface area (Å²) >= 11 is 4.87. The molecule has 0 aliphatic rings. The van der Waals surface area contributed by atoms with Gasteiger partial charge in [-0.15, -0.1) is 11.3 Å². The van der Waals surface area contributed by atoms with E-state index in [1.54, 1.807) is 35.6 Å². The summed E-state index contributed by atoms with van der Waals surface area (Å²) in [5, 5.41) is 2.97. The van der Waals surface area contributed by atoms with Gasteiger partial charge in [0.15, 0.2) is 0 Å². The van der Waals surface area contributed by atoms with Crippen LogP contribution in [0.5, 0.6) is 0 Å². The lowest BCUT2D eigenvalue weighted by Crippen LogP contribution is -2.14. The van der Waals surface area contributed by atoms with Crippen LogP contribution in [-0.4, -0.2) is 8.42 Å². The molecule has 0 bridgehead atoms. The molecule has 1 aromatic heterocycles. The van der Waals surface area contributed by atoms with Crippen molar-refractivity contribution in [1.29, 1.82) is 0 Å². The zero-order valence-electron chi connectivity index (χ0n) is 10.7. The van der Waals surface area contributed by atoms with Gasteiger partial charge in [-0.05, 0) is 53.2 Å². The summed E-state index contributed by atoms with van der Waals surface area (Å²) < 4.78 is 29.2. The molecule has 0 radical (unpaired) electrons. The van der Waals surface area contributed by atoms with Crippen LogP contribution in [-0.2, 0) is 10.0 Å². The minimum Gasteiger partial charge on any atom is -0.398 e. The van der Waals surface area contributed by atoms with Gasteiger partial charge < -0.3 is 5.73 Å². The van der Waals surface area contributed by atoms with Gasteiger partial charge in [0.05, 0.1) is 5.69 Å². The Morgan fingerprint density at radius 1 is 1.10 bits per heavy atom. The fourth-order valence-corrected chi connectivity index (χ4v) is 4.32. The van der Waals surface area contributed by atoms with Crippen molar-refractivity contribution >= 4 is 58.8 Å². The van der Waals surface area contributed by atoms with E-state index in [2.05, 4.69) is 20.7 Å². The first kappa shape index (κ1) is 14.4. The summed E-state index contributed by atoms with van der Waals surface area (Å²) in [4.78, 5) is 0.0658. The Balaban J connectivity index is 1.98. The fraction of sp³-hybridized carbons (Fsp3) is 0. The molecular formula is C14H11BrN2O2S2. The van der Waals surface area contributed by atoms with Crippen LogP contribution in [0.3, 0.4) is 0 Å². The van der Waals surface area contributed by atoms with Crippen molar-refractivity contribution in [2.75, 3.05) is 10.5 Å². The van der Waals surface area contributed by atoms with Gasteiger partial charge in [0.1, 0.15) is 4.90 Å². The molecule has 7 heteroatoms. The van der Waals surface area contributed by atoms with Crippen LogP contribution in [0.2, 0.25) is 0 Å². The van der Waals surface area contributed by atoms with E-state index in [-0.39, 0.29) is 10.6 Å². The Bertz CT molecular complexity index is 920. The number of nitrogens with two attached hydrogens (primary N) is 1. The van der Waals surface area contributed by atoms with E-state index in [9.17, 15) is 8.42 Å². The molecule has 2 aromatic carbocycles. The van der Waals surface area contributed by atoms with Crippen LogP contribution in [0.1, 0.15) is 0 Å².